The number of nitrogens with zero attached hydrogens (tertiary/aromatic N) is 1. The van der Waals surface area contributed by atoms with Crippen molar-refractivity contribution in [2.24, 2.45) is 21.9 Å². The van der Waals surface area contributed by atoms with Crippen LogP contribution < -0.4 is 32.1 Å². The molecule has 19 heteroatoms. The van der Waals surface area contributed by atoms with Crippen molar-refractivity contribution in [3.05, 3.63) is 94.9 Å². The highest BCUT2D eigenvalue weighted by molar-refractivity contribution is 7.89. The summed E-state index contributed by atoms with van der Waals surface area (Å²) in [4.78, 5) is 78.5. The molecule has 5 amide bonds. The Morgan fingerprint density at radius 2 is 1.47 bits per heavy atom. The fraction of sp³-hybridized carbons (Fsp3) is 0.366. The van der Waals surface area contributed by atoms with E-state index in [4.69, 9.17) is 15.7 Å². The van der Waals surface area contributed by atoms with Gasteiger partial charge in [-0.15, -0.1) is 0 Å². The maximum absolute atomic E-state index is 14.0. The van der Waals surface area contributed by atoms with Gasteiger partial charge in [-0.05, 0) is 79.6 Å². The van der Waals surface area contributed by atoms with Gasteiger partial charge in [0.15, 0.2) is 0 Å². The number of primary sulfonamides is 1. The minimum Gasteiger partial charge on any atom is -0.391 e. The first-order chi connectivity index (χ1) is 28.4. The molecule has 4 aromatic rings. The van der Waals surface area contributed by atoms with Crippen molar-refractivity contribution in [3.8, 4) is 0 Å². The quantitative estimate of drug-likeness (QED) is 0.0431. The molecule has 0 aliphatic carbocycles. The minimum absolute atomic E-state index is 0.00195. The number of primary amides is 1. The monoisotopic (exact) mass is 847 g/mol. The van der Waals surface area contributed by atoms with E-state index in [1.54, 1.807) is 12.4 Å². The predicted octanol–water partition coefficient (Wildman–Crippen LogP) is 1.32. The lowest BCUT2D eigenvalue weighted by molar-refractivity contribution is -0.135. The second-order valence-corrected chi connectivity index (χ2v) is 16.3. The number of oxime groups is 1. The van der Waals surface area contributed by atoms with Gasteiger partial charge in [-0.3, -0.25) is 24.0 Å². The lowest BCUT2D eigenvalue weighted by Crippen LogP contribution is -2.61. The Balaban J connectivity index is 1.55. The van der Waals surface area contributed by atoms with Crippen LogP contribution in [0.3, 0.4) is 0 Å². The molecule has 0 spiro atoms. The summed E-state index contributed by atoms with van der Waals surface area (Å²) >= 11 is 0. The van der Waals surface area contributed by atoms with E-state index >= 15 is 0 Å². The van der Waals surface area contributed by atoms with Crippen LogP contribution in [0.2, 0.25) is 0 Å². The first-order valence-corrected chi connectivity index (χ1v) is 20.7. The lowest BCUT2D eigenvalue weighted by Gasteiger charge is -2.27. The normalized spacial score (nSPS) is 14.4. The number of aliphatic hydroxyl groups is 1. The number of sulfonamides is 1. The van der Waals surface area contributed by atoms with Crippen LogP contribution in [-0.2, 0) is 58.3 Å². The van der Waals surface area contributed by atoms with Gasteiger partial charge in [-0.25, -0.2) is 13.6 Å². The molecule has 18 nitrogen and oxygen atoms in total. The van der Waals surface area contributed by atoms with Crippen molar-refractivity contribution in [2.75, 3.05) is 0 Å². The van der Waals surface area contributed by atoms with E-state index < -0.39 is 69.8 Å². The highest BCUT2D eigenvalue weighted by Gasteiger charge is 2.34. The van der Waals surface area contributed by atoms with E-state index in [9.17, 15) is 37.5 Å². The van der Waals surface area contributed by atoms with Crippen LogP contribution in [0, 0.1) is 12.8 Å². The molecule has 0 saturated carbocycles. The van der Waals surface area contributed by atoms with Crippen LogP contribution in [0.15, 0.2) is 77.1 Å². The number of allylic oxidation sites excluding steroid dienone is 1. The van der Waals surface area contributed by atoms with Gasteiger partial charge < -0.3 is 46.9 Å². The van der Waals surface area contributed by atoms with Crippen molar-refractivity contribution in [1.29, 1.82) is 0 Å². The molecule has 2 aromatic heterocycles. The van der Waals surface area contributed by atoms with Gasteiger partial charge in [0.25, 0.3) is 5.91 Å². The van der Waals surface area contributed by atoms with Crippen LogP contribution in [0.4, 0.5) is 0 Å². The summed E-state index contributed by atoms with van der Waals surface area (Å²) in [5, 5.41) is 30.8. The van der Waals surface area contributed by atoms with Crippen LogP contribution in [0.5, 0.6) is 0 Å². The number of aromatic amines is 2. The molecule has 322 valence electrons. The fourth-order valence-corrected chi connectivity index (χ4v) is 6.87. The topological polar surface area (TPSA) is 293 Å². The second-order valence-electron chi connectivity index (χ2n) is 14.8. The molecule has 0 bridgehead atoms. The van der Waals surface area contributed by atoms with E-state index in [0.717, 1.165) is 28.4 Å². The SMILES string of the molecule is C/C=C\c1[nH]cc(CC(NC(=O)[C@@H](NC(=O)[C@H](Cc2c[nH]c3ccccc23)NC(=O)/C=N/OCc2ccc(S(N)(=O)=O)cc2)C(C)O)C(=O)N[C@@H](CC(C)C)C(N)=O)c1C. The van der Waals surface area contributed by atoms with Gasteiger partial charge in [-0.2, -0.15) is 0 Å². The Bertz CT molecular complexity index is 2320. The van der Waals surface area contributed by atoms with Crippen LogP contribution in [0.25, 0.3) is 17.0 Å². The van der Waals surface area contributed by atoms with E-state index in [1.165, 1.54) is 31.2 Å². The molecule has 0 saturated heterocycles. The highest BCUT2D eigenvalue weighted by atomic mass is 32.2. The first kappa shape index (κ1) is 46.4. The van der Waals surface area contributed by atoms with Crippen LogP contribution in [0.1, 0.15) is 62.1 Å². The molecular formula is C41H53N9O9S. The summed E-state index contributed by atoms with van der Waals surface area (Å²) in [5.41, 5.74) is 9.86. The molecule has 0 fully saturated rings. The summed E-state index contributed by atoms with van der Waals surface area (Å²) in [6.07, 6.45) is 6.56. The second kappa shape index (κ2) is 21.1. The number of aromatic nitrogens is 2. The molecule has 2 heterocycles. The minimum atomic E-state index is -3.88. The summed E-state index contributed by atoms with van der Waals surface area (Å²) in [6, 6.07) is 7.60. The average Bonchev–Trinajstić information content (AvgIpc) is 3.75. The number of rotatable bonds is 21. The molecule has 4 rings (SSSR count). The third kappa shape index (κ3) is 13.1. The standard InChI is InChI=1S/C41H53N9O9S/c1-6-9-31-24(4)27(19-44-31)17-35(39(54)48-33(38(42)53)16-23(2)3)49-41(56)37(25(5)51)50-40(55)34(18-28-20-45-32-11-8-7-10-30(28)32)47-36(52)21-46-59-22-26-12-14-29(15-13-26)60(43,57)58/h6-15,19-21,23,25,33-35,37,44-45,51H,16-18,22H2,1-5H3,(H2,42,53)(H,47,52)(H,48,54)(H,49,56)(H,50,55)(H2,43,57,58)/b9-6-,46-21+/t25?,33-,34-,35?,37-/m0/s1. The number of amides is 5. The van der Waals surface area contributed by atoms with Gasteiger partial charge in [0.05, 0.1) is 11.0 Å². The molecular weight excluding hydrogens is 795 g/mol. The predicted molar refractivity (Wildman–Crippen MR) is 225 cm³/mol. The van der Waals surface area contributed by atoms with Gasteiger partial charge in [0.2, 0.25) is 33.7 Å². The smallest absolute Gasteiger partial charge is 0.266 e. The average molecular weight is 848 g/mol. The maximum Gasteiger partial charge on any atom is 0.266 e. The number of hydrogen-bond acceptors (Lipinski definition) is 10. The molecule has 60 heavy (non-hydrogen) atoms. The van der Waals surface area contributed by atoms with E-state index in [2.05, 4.69) is 36.4 Å². The highest BCUT2D eigenvalue weighted by Crippen LogP contribution is 2.20. The molecule has 0 aliphatic rings. The van der Waals surface area contributed by atoms with Gasteiger partial charge in [0.1, 0.15) is 37.0 Å². The summed E-state index contributed by atoms with van der Waals surface area (Å²) in [7, 11) is -3.88. The summed E-state index contributed by atoms with van der Waals surface area (Å²) < 4.78 is 23.0. The van der Waals surface area contributed by atoms with E-state index in [0.29, 0.717) is 16.7 Å². The van der Waals surface area contributed by atoms with E-state index in [1.807, 2.05) is 64.1 Å². The first-order valence-electron chi connectivity index (χ1n) is 19.2. The number of nitrogens with one attached hydrogen (secondary N) is 6. The van der Waals surface area contributed by atoms with Crippen molar-refractivity contribution in [3.63, 3.8) is 0 Å². The molecule has 11 N–H and O–H groups in total. The number of aliphatic hydroxyl groups excluding tert-OH is 1. The summed E-state index contributed by atoms with van der Waals surface area (Å²) in [6.45, 7) is 8.58. The Morgan fingerprint density at radius 1 is 0.850 bits per heavy atom. The summed E-state index contributed by atoms with van der Waals surface area (Å²) in [5.74, 6) is -4.04. The van der Waals surface area contributed by atoms with E-state index in [-0.39, 0.29) is 36.7 Å². The van der Waals surface area contributed by atoms with Gasteiger partial charge in [0, 0.05) is 41.8 Å². The number of carbonyl (C=O) groups excluding carboxylic acids is 5. The Kier molecular flexibility index (Phi) is 16.3. The number of fused-ring (bicyclic) bond motifs is 1. The Morgan fingerprint density at radius 3 is 2.10 bits per heavy atom. The molecule has 2 aromatic carbocycles. The Labute approximate surface area is 348 Å². The molecule has 0 aliphatic heterocycles. The van der Waals surface area contributed by atoms with Crippen LogP contribution in [-0.4, -0.2) is 89.5 Å². The lowest BCUT2D eigenvalue weighted by atomic mass is 10.00. The van der Waals surface area contributed by atoms with Gasteiger partial charge in [-0.1, -0.05) is 55.4 Å². The van der Waals surface area contributed by atoms with Crippen molar-refractivity contribution in [2.45, 2.75) is 95.7 Å². The zero-order valence-corrected chi connectivity index (χ0v) is 34.8. The Hall–Kier alpha value is -6.31. The largest absolute Gasteiger partial charge is 0.391 e. The van der Waals surface area contributed by atoms with Gasteiger partial charge >= 0.3 is 0 Å². The zero-order chi connectivity index (χ0) is 44.1. The van der Waals surface area contributed by atoms with Crippen molar-refractivity contribution in [1.82, 2.24) is 31.2 Å². The zero-order valence-electron chi connectivity index (χ0n) is 34.0. The number of nitrogens with two attached hydrogens (primary N) is 2. The van der Waals surface area contributed by atoms with Crippen molar-refractivity contribution < 1.29 is 42.3 Å². The third-order valence-corrected chi connectivity index (χ3v) is 10.5. The third-order valence-electron chi connectivity index (χ3n) is 9.57. The van der Waals surface area contributed by atoms with Crippen molar-refractivity contribution >= 4 is 62.8 Å². The maximum atomic E-state index is 14.0. The number of benzene rings is 2. The molecule has 5 atom stereocenters. The van der Waals surface area contributed by atoms with Crippen LogP contribution >= 0.6 is 0 Å². The molecule has 2 unspecified atom stereocenters. The fourth-order valence-electron chi connectivity index (χ4n) is 6.36. The number of H-pyrrole nitrogens is 2. The number of carbonyl (C=O) groups is 5. The number of para-hydroxylation sites is 1. The number of hydrogen-bond donors (Lipinski definition) is 9. The molecule has 0 radical (unpaired) electrons.